The third-order valence-corrected chi connectivity index (χ3v) is 3.69. The Hall–Kier alpha value is -2.40. The average molecular weight is 268 g/mol. The SMILES string of the molecule is NNc1ccncc1C(=O)NCC1Cc2ccccc21. The summed E-state index contributed by atoms with van der Waals surface area (Å²) in [6, 6.07) is 10.00. The van der Waals surface area contributed by atoms with E-state index < -0.39 is 0 Å². The Labute approximate surface area is 117 Å². The summed E-state index contributed by atoms with van der Waals surface area (Å²) >= 11 is 0. The molecule has 2 aromatic rings. The maximum absolute atomic E-state index is 12.1. The van der Waals surface area contributed by atoms with E-state index in [0.29, 0.717) is 23.7 Å². The van der Waals surface area contributed by atoms with E-state index in [1.807, 2.05) is 12.1 Å². The monoisotopic (exact) mass is 268 g/mol. The number of benzene rings is 1. The molecule has 1 amide bonds. The number of carbonyl (C=O) groups is 1. The molecule has 1 unspecified atom stereocenters. The maximum Gasteiger partial charge on any atom is 0.255 e. The van der Waals surface area contributed by atoms with E-state index >= 15 is 0 Å². The molecule has 5 heteroatoms. The fourth-order valence-electron chi connectivity index (χ4n) is 2.56. The Morgan fingerprint density at radius 2 is 2.20 bits per heavy atom. The van der Waals surface area contributed by atoms with E-state index in [2.05, 4.69) is 27.9 Å². The van der Waals surface area contributed by atoms with Crippen LogP contribution in [-0.4, -0.2) is 17.4 Å². The molecule has 0 radical (unpaired) electrons. The van der Waals surface area contributed by atoms with Crippen molar-refractivity contribution < 1.29 is 4.79 Å². The zero-order valence-corrected chi connectivity index (χ0v) is 11.0. The van der Waals surface area contributed by atoms with Crippen molar-refractivity contribution in [2.75, 3.05) is 12.0 Å². The van der Waals surface area contributed by atoms with E-state index in [4.69, 9.17) is 5.84 Å². The molecule has 0 fully saturated rings. The Morgan fingerprint density at radius 3 is 3.00 bits per heavy atom. The number of nitrogens with two attached hydrogens (primary N) is 1. The predicted molar refractivity (Wildman–Crippen MR) is 77.3 cm³/mol. The van der Waals surface area contributed by atoms with Crippen LogP contribution in [0.1, 0.15) is 27.4 Å². The zero-order valence-electron chi connectivity index (χ0n) is 11.0. The molecule has 0 spiro atoms. The number of nitrogens with zero attached hydrogens (tertiary/aromatic N) is 1. The molecule has 1 aromatic carbocycles. The normalized spacial score (nSPS) is 15.9. The molecule has 1 aliphatic carbocycles. The number of hydrogen-bond acceptors (Lipinski definition) is 4. The summed E-state index contributed by atoms with van der Waals surface area (Å²) in [5.41, 5.74) is 6.25. The summed E-state index contributed by atoms with van der Waals surface area (Å²) in [5, 5.41) is 2.94. The van der Waals surface area contributed by atoms with Crippen LogP contribution in [0.15, 0.2) is 42.7 Å². The van der Waals surface area contributed by atoms with Crippen LogP contribution >= 0.6 is 0 Å². The van der Waals surface area contributed by atoms with Crippen molar-refractivity contribution in [3.8, 4) is 0 Å². The summed E-state index contributed by atoms with van der Waals surface area (Å²) in [4.78, 5) is 16.1. The van der Waals surface area contributed by atoms with Gasteiger partial charge in [-0.25, -0.2) is 0 Å². The Kier molecular flexibility index (Phi) is 3.35. The van der Waals surface area contributed by atoms with Gasteiger partial charge in [0, 0.05) is 24.9 Å². The number of rotatable bonds is 4. The molecule has 1 heterocycles. The summed E-state index contributed by atoms with van der Waals surface area (Å²) in [6.07, 6.45) is 4.12. The molecule has 3 rings (SSSR count). The van der Waals surface area contributed by atoms with Crippen molar-refractivity contribution in [3.05, 3.63) is 59.4 Å². The lowest BCUT2D eigenvalue weighted by Crippen LogP contribution is -2.33. The van der Waals surface area contributed by atoms with Gasteiger partial charge in [-0.05, 0) is 23.6 Å². The van der Waals surface area contributed by atoms with E-state index in [1.54, 1.807) is 12.3 Å². The largest absolute Gasteiger partial charge is 0.351 e. The fraction of sp³-hybridized carbons (Fsp3) is 0.200. The van der Waals surface area contributed by atoms with Gasteiger partial charge in [-0.1, -0.05) is 24.3 Å². The highest BCUT2D eigenvalue weighted by atomic mass is 16.1. The molecule has 0 saturated heterocycles. The van der Waals surface area contributed by atoms with Gasteiger partial charge in [-0.3, -0.25) is 15.6 Å². The highest BCUT2D eigenvalue weighted by Crippen LogP contribution is 2.34. The molecule has 1 aliphatic rings. The Morgan fingerprint density at radius 1 is 1.35 bits per heavy atom. The van der Waals surface area contributed by atoms with Gasteiger partial charge in [0.25, 0.3) is 5.91 Å². The lowest BCUT2D eigenvalue weighted by atomic mass is 9.77. The first-order valence-electron chi connectivity index (χ1n) is 6.56. The minimum Gasteiger partial charge on any atom is -0.351 e. The van der Waals surface area contributed by atoms with Crippen molar-refractivity contribution in [1.82, 2.24) is 10.3 Å². The maximum atomic E-state index is 12.1. The molecular weight excluding hydrogens is 252 g/mol. The second kappa shape index (κ2) is 5.30. The van der Waals surface area contributed by atoms with E-state index in [-0.39, 0.29) is 5.91 Å². The van der Waals surface area contributed by atoms with Crippen LogP contribution in [0, 0.1) is 0 Å². The molecule has 20 heavy (non-hydrogen) atoms. The summed E-state index contributed by atoms with van der Waals surface area (Å²) in [7, 11) is 0. The zero-order chi connectivity index (χ0) is 13.9. The van der Waals surface area contributed by atoms with Gasteiger partial charge in [-0.15, -0.1) is 0 Å². The Balaban J connectivity index is 1.64. The number of nitrogens with one attached hydrogen (secondary N) is 2. The van der Waals surface area contributed by atoms with Gasteiger partial charge in [-0.2, -0.15) is 0 Å². The second-order valence-electron chi connectivity index (χ2n) is 4.88. The number of carbonyl (C=O) groups excluding carboxylic acids is 1. The first-order chi connectivity index (χ1) is 9.79. The summed E-state index contributed by atoms with van der Waals surface area (Å²) in [5.74, 6) is 5.63. The van der Waals surface area contributed by atoms with Crippen molar-refractivity contribution in [2.24, 2.45) is 5.84 Å². The molecule has 0 saturated carbocycles. The number of aromatic nitrogens is 1. The van der Waals surface area contributed by atoms with Crippen LogP contribution in [-0.2, 0) is 6.42 Å². The topological polar surface area (TPSA) is 80.0 Å². The highest BCUT2D eigenvalue weighted by Gasteiger charge is 2.25. The summed E-state index contributed by atoms with van der Waals surface area (Å²) in [6.45, 7) is 0.634. The molecule has 1 aromatic heterocycles. The highest BCUT2D eigenvalue weighted by molar-refractivity contribution is 5.99. The van der Waals surface area contributed by atoms with E-state index in [0.717, 1.165) is 6.42 Å². The number of anilines is 1. The second-order valence-corrected chi connectivity index (χ2v) is 4.88. The van der Waals surface area contributed by atoms with Gasteiger partial charge < -0.3 is 10.7 Å². The molecule has 0 bridgehead atoms. The molecule has 5 nitrogen and oxygen atoms in total. The number of hydrazine groups is 1. The number of hydrogen-bond donors (Lipinski definition) is 3. The van der Waals surface area contributed by atoms with Crippen LogP contribution in [0.3, 0.4) is 0 Å². The van der Waals surface area contributed by atoms with Gasteiger partial charge in [0.1, 0.15) is 0 Å². The number of fused-ring (bicyclic) bond motifs is 1. The smallest absolute Gasteiger partial charge is 0.255 e. The molecule has 1 atom stereocenters. The van der Waals surface area contributed by atoms with Crippen molar-refractivity contribution >= 4 is 11.6 Å². The van der Waals surface area contributed by atoms with Gasteiger partial charge in [0.05, 0.1) is 11.3 Å². The lowest BCUT2D eigenvalue weighted by Gasteiger charge is -2.30. The lowest BCUT2D eigenvalue weighted by molar-refractivity contribution is 0.0950. The van der Waals surface area contributed by atoms with E-state index in [1.165, 1.54) is 17.3 Å². The van der Waals surface area contributed by atoms with Crippen LogP contribution in [0.2, 0.25) is 0 Å². The standard InChI is InChI=1S/C15H16N4O/c16-19-14-5-6-17-9-13(14)15(20)18-8-11-7-10-3-1-2-4-12(10)11/h1-6,9,11H,7-8,16H2,(H,17,19)(H,18,20). The van der Waals surface area contributed by atoms with Crippen molar-refractivity contribution in [1.29, 1.82) is 0 Å². The van der Waals surface area contributed by atoms with Crippen LogP contribution in [0.4, 0.5) is 5.69 Å². The first-order valence-corrected chi connectivity index (χ1v) is 6.56. The average Bonchev–Trinajstić information content (AvgIpc) is 2.48. The van der Waals surface area contributed by atoms with Gasteiger partial charge in [0.15, 0.2) is 0 Å². The predicted octanol–water partition coefficient (Wildman–Crippen LogP) is 1.44. The fourth-order valence-corrected chi connectivity index (χ4v) is 2.56. The molecule has 4 N–H and O–H groups in total. The third kappa shape index (κ3) is 2.23. The summed E-state index contributed by atoms with van der Waals surface area (Å²) < 4.78 is 0. The van der Waals surface area contributed by atoms with E-state index in [9.17, 15) is 4.79 Å². The minimum absolute atomic E-state index is 0.157. The van der Waals surface area contributed by atoms with Gasteiger partial charge >= 0.3 is 0 Å². The third-order valence-electron chi connectivity index (χ3n) is 3.69. The van der Waals surface area contributed by atoms with Gasteiger partial charge in [0.2, 0.25) is 0 Å². The number of amides is 1. The molecule has 102 valence electrons. The first kappa shape index (κ1) is 12.6. The van der Waals surface area contributed by atoms with Crippen molar-refractivity contribution in [2.45, 2.75) is 12.3 Å². The quantitative estimate of drug-likeness (QED) is 0.579. The van der Waals surface area contributed by atoms with Crippen molar-refractivity contribution in [3.63, 3.8) is 0 Å². The molecule has 0 aliphatic heterocycles. The van der Waals surface area contributed by atoms with Crippen LogP contribution in [0.5, 0.6) is 0 Å². The minimum atomic E-state index is -0.157. The number of pyridine rings is 1. The number of nitrogen functional groups attached to an aromatic ring is 1. The van der Waals surface area contributed by atoms with Crippen LogP contribution < -0.4 is 16.6 Å². The Bertz CT molecular complexity index is 641. The molecular formula is C15H16N4O. The van der Waals surface area contributed by atoms with Crippen LogP contribution in [0.25, 0.3) is 0 Å².